The van der Waals surface area contributed by atoms with E-state index in [0.29, 0.717) is 25.4 Å². The second-order valence-electron chi connectivity index (χ2n) is 7.12. The first-order valence-corrected chi connectivity index (χ1v) is 11.8. The number of nitrogens with zero attached hydrogens (tertiary/aromatic N) is 2. The molecular formula is C20H30F3N3O6S. The van der Waals surface area contributed by atoms with Gasteiger partial charge < -0.3 is 20.1 Å². The van der Waals surface area contributed by atoms with E-state index >= 15 is 0 Å². The van der Waals surface area contributed by atoms with Crippen molar-refractivity contribution < 1.29 is 41.0 Å². The average Bonchev–Trinajstić information content (AvgIpc) is 2.79. The number of unbranched alkanes of at least 4 members (excludes halogenated alkanes) is 1. The molecule has 1 saturated heterocycles. The Balaban J connectivity index is 0.000000675. The monoisotopic (exact) mass is 497 g/mol. The summed E-state index contributed by atoms with van der Waals surface area (Å²) >= 11 is 0. The van der Waals surface area contributed by atoms with Crippen molar-refractivity contribution in [3.8, 4) is 5.75 Å². The number of hydrogen-bond acceptors (Lipinski definition) is 6. The summed E-state index contributed by atoms with van der Waals surface area (Å²) in [7, 11) is -2.09. The molecule has 33 heavy (non-hydrogen) atoms. The van der Waals surface area contributed by atoms with Crippen LogP contribution in [-0.2, 0) is 19.6 Å². The van der Waals surface area contributed by atoms with E-state index in [-0.39, 0.29) is 23.8 Å². The van der Waals surface area contributed by atoms with E-state index in [1.54, 1.807) is 36.3 Å². The number of piperazine rings is 1. The molecule has 0 atom stereocenters. The van der Waals surface area contributed by atoms with Gasteiger partial charge in [0.1, 0.15) is 5.75 Å². The molecule has 1 fully saturated rings. The number of carbonyl (C=O) groups excluding carboxylic acids is 1. The van der Waals surface area contributed by atoms with Crippen molar-refractivity contribution >= 4 is 21.9 Å². The maximum Gasteiger partial charge on any atom is 0.490 e. The summed E-state index contributed by atoms with van der Waals surface area (Å²) in [5.41, 5.74) is 0. The first-order chi connectivity index (χ1) is 15.4. The van der Waals surface area contributed by atoms with E-state index < -0.39 is 22.2 Å². The number of halogens is 3. The quantitative estimate of drug-likeness (QED) is 0.536. The van der Waals surface area contributed by atoms with Crippen molar-refractivity contribution in [2.45, 2.75) is 37.3 Å². The van der Waals surface area contributed by atoms with Gasteiger partial charge in [-0.05, 0) is 30.7 Å². The van der Waals surface area contributed by atoms with E-state index in [1.807, 2.05) is 6.92 Å². The summed E-state index contributed by atoms with van der Waals surface area (Å²) in [4.78, 5) is 23.3. The van der Waals surface area contributed by atoms with Crippen molar-refractivity contribution in [2.24, 2.45) is 0 Å². The zero-order valence-corrected chi connectivity index (χ0v) is 19.4. The van der Waals surface area contributed by atoms with Crippen LogP contribution in [0.3, 0.4) is 0 Å². The third kappa shape index (κ3) is 9.56. The molecule has 0 radical (unpaired) electrons. The van der Waals surface area contributed by atoms with Gasteiger partial charge in [0.15, 0.2) is 0 Å². The standard InChI is InChI=1S/C18H29N3O4S.C2HF3O2/c1-3-4-12-21(13-9-18(22)20-14-10-19-11-15-20)26(23,24)17-7-5-16(25-2)6-8-17;3-2(4,5)1(6)7/h5-8,19H,3-4,9-15H2,1-2H3;(H,6,7). The normalized spacial score (nSPS) is 14.4. The molecule has 1 amide bonds. The van der Waals surface area contributed by atoms with Gasteiger partial charge in [-0.15, -0.1) is 0 Å². The molecule has 13 heteroatoms. The molecule has 1 aliphatic heterocycles. The molecule has 0 aliphatic carbocycles. The second-order valence-corrected chi connectivity index (χ2v) is 9.05. The van der Waals surface area contributed by atoms with Crippen molar-refractivity contribution in [1.29, 1.82) is 0 Å². The maximum atomic E-state index is 13.0. The lowest BCUT2D eigenvalue weighted by molar-refractivity contribution is -0.192. The topological polar surface area (TPSA) is 116 Å². The molecule has 1 heterocycles. The van der Waals surface area contributed by atoms with E-state index in [4.69, 9.17) is 14.6 Å². The Kier molecular flexibility index (Phi) is 11.6. The number of methoxy groups -OCH3 is 1. The predicted molar refractivity (Wildman–Crippen MR) is 114 cm³/mol. The highest BCUT2D eigenvalue weighted by molar-refractivity contribution is 7.89. The van der Waals surface area contributed by atoms with E-state index in [2.05, 4.69) is 5.32 Å². The summed E-state index contributed by atoms with van der Waals surface area (Å²) in [5, 5.41) is 10.3. The molecule has 1 aromatic carbocycles. The van der Waals surface area contributed by atoms with Crippen LogP contribution in [0.1, 0.15) is 26.2 Å². The number of carbonyl (C=O) groups is 2. The summed E-state index contributed by atoms with van der Waals surface area (Å²) in [6.07, 6.45) is -3.23. The SMILES string of the molecule is CCCCN(CCC(=O)N1CCNCC1)S(=O)(=O)c1ccc(OC)cc1.O=C(O)C(F)(F)F. The van der Waals surface area contributed by atoms with Crippen LogP contribution in [0, 0.1) is 0 Å². The molecule has 9 nitrogen and oxygen atoms in total. The van der Waals surface area contributed by atoms with Crippen molar-refractivity contribution in [2.75, 3.05) is 46.4 Å². The first-order valence-electron chi connectivity index (χ1n) is 10.4. The number of amides is 1. The fraction of sp³-hybridized carbons (Fsp3) is 0.600. The van der Waals surface area contributed by atoms with Gasteiger partial charge in [0.2, 0.25) is 15.9 Å². The van der Waals surface area contributed by atoms with Crippen LogP contribution in [0.25, 0.3) is 0 Å². The number of nitrogens with one attached hydrogen (secondary N) is 1. The second kappa shape index (κ2) is 13.4. The van der Waals surface area contributed by atoms with Crippen molar-refractivity contribution in [1.82, 2.24) is 14.5 Å². The number of aliphatic carboxylic acids is 1. The lowest BCUT2D eigenvalue weighted by atomic mass is 10.3. The molecule has 0 bridgehead atoms. The Labute approximate surface area is 191 Å². The van der Waals surface area contributed by atoms with Crippen molar-refractivity contribution in [3.63, 3.8) is 0 Å². The fourth-order valence-corrected chi connectivity index (χ4v) is 4.36. The number of benzene rings is 1. The molecule has 2 N–H and O–H groups in total. The smallest absolute Gasteiger partial charge is 0.490 e. The van der Waals surface area contributed by atoms with Crippen LogP contribution in [0.4, 0.5) is 13.2 Å². The largest absolute Gasteiger partial charge is 0.497 e. The van der Waals surface area contributed by atoms with Crippen LogP contribution in [0.15, 0.2) is 29.2 Å². The number of hydrogen-bond donors (Lipinski definition) is 2. The number of carboxylic acid groups (broad SMARTS) is 1. The third-order valence-corrected chi connectivity index (χ3v) is 6.66. The maximum absolute atomic E-state index is 13.0. The number of rotatable bonds is 9. The number of ether oxygens (including phenoxy) is 1. The van der Waals surface area contributed by atoms with Gasteiger partial charge in [0.25, 0.3) is 0 Å². The highest BCUT2D eigenvalue weighted by Crippen LogP contribution is 2.20. The van der Waals surface area contributed by atoms with Gasteiger partial charge >= 0.3 is 12.1 Å². The Morgan fingerprint density at radius 1 is 1.15 bits per heavy atom. The number of carboxylic acids is 1. The Bertz CT molecular complexity index is 857. The Morgan fingerprint density at radius 2 is 1.70 bits per heavy atom. The Hall–Kier alpha value is -2.38. The summed E-state index contributed by atoms with van der Waals surface area (Å²) in [6, 6.07) is 6.37. The van der Waals surface area contributed by atoms with Crippen LogP contribution < -0.4 is 10.1 Å². The molecule has 0 spiro atoms. The van der Waals surface area contributed by atoms with Gasteiger partial charge in [-0.2, -0.15) is 17.5 Å². The zero-order valence-electron chi connectivity index (χ0n) is 18.6. The molecule has 0 unspecified atom stereocenters. The predicted octanol–water partition coefficient (Wildman–Crippen LogP) is 1.94. The van der Waals surface area contributed by atoms with Gasteiger partial charge in [-0.25, -0.2) is 13.2 Å². The molecule has 0 saturated carbocycles. The van der Waals surface area contributed by atoms with E-state index in [0.717, 1.165) is 25.9 Å². The lowest BCUT2D eigenvalue weighted by Gasteiger charge is -2.29. The van der Waals surface area contributed by atoms with Gasteiger partial charge in [-0.1, -0.05) is 13.3 Å². The first kappa shape index (κ1) is 28.7. The summed E-state index contributed by atoms with van der Waals surface area (Å²) in [5.74, 6) is -2.14. The molecular weight excluding hydrogens is 467 g/mol. The van der Waals surface area contributed by atoms with Gasteiger partial charge in [0, 0.05) is 45.7 Å². The summed E-state index contributed by atoms with van der Waals surface area (Å²) < 4.78 is 64.2. The van der Waals surface area contributed by atoms with Crippen molar-refractivity contribution in [3.05, 3.63) is 24.3 Å². The highest BCUT2D eigenvalue weighted by Gasteiger charge is 2.38. The molecule has 1 aromatic rings. The average molecular weight is 498 g/mol. The molecule has 188 valence electrons. The van der Waals surface area contributed by atoms with E-state index in [9.17, 15) is 26.4 Å². The minimum atomic E-state index is -5.08. The lowest BCUT2D eigenvalue weighted by Crippen LogP contribution is -2.47. The molecule has 2 rings (SSSR count). The summed E-state index contributed by atoms with van der Waals surface area (Å²) in [6.45, 7) is 5.57. The zero-order chi connectivity index (χ0) is 25.1. The van der Waals surface area contributed by atoms with Crippen LogP contribution >= 0.6 is 0 Å². The molecule has 1 aliphatic rings. The van der Waals surface area contributed by atoms with Crippen LogP contribution in [0.5, 0.6) is 5.75 Å². The minimum Gasteiger partial charge on any atom is -0.497 e. The van der Waals surface area contributed by atoms with Crippen LogP contribution in [-0.4, -0.2) is 87.2 Å². The van der Waals surface area contributed by atoms with Crippen LogP contribution in [0.2, 0.25) is 0 Å². The van der Waals surface area contributed by atoms with Gasteiger partial charge in [-0.3, -0.25) is 4.79 Å². The Morgan fingerprint density at radius 3 is 2.15 bits per heavy atom. The third-order valence-electron chi connectivity index (χ3n) is 4.75. The minimum absolute atomic E-state index is 0.0120. The van der Waals surface area contributed by atoms with Gasteiger partial charge in [0.05, 0.1) is 12.0 Å². The van der Waals surface area contributed by atoms with E-state index in [1.165, 1.54) is 4.31 Å². The number of sulfonamides is 1. The fourth-order valence-electron chi connectivity index (χ4n) is 2.88. The highest BCUT2D eigenvalue weighted by atomic mass is 32.2. The molecule has 0 aromatic heterocycles. The number of alkyl halides is 3.